The highest BCUT2D eigenvalue weighted by molar-refractivity contribution is 5.86. The van der Waals surface area contributed by atoms with Gasteiger partial charge < -0.3 is 19.8 Å². The Balaban J connectivity index is 1.52. The molecule has 0 radical (unpaired) electrons. The Morgan fingerprint density at radius 2 is 2.08 bits per heavy atom. The minimum atomic E-state index is -0.0676. The number of para-hydroxylation sites is 1. The number of fused-ring (bicyclic) bond motifs is 1. The molecule has 130 valence electrons. The van der Waals surface area contributed by atoms with E-state index >= 15 is 0 Å². The molecule has 6 heteroatoms. The van der Waals surface area contributed by atoms with Gasteiger partial charge in [-0.25, -0.2) is 4.98 Å². The summed E-state index contributed by atoms with van der Waals surface area (Å²) in [6, 6.07) is 8.11. The van der Waals surface area contributed by atoms with Crippen molar-refractivity contribution in [3.05, 3.63) is 54.2 Å². The smallest absolute Gasteiger partial charge is 0.242 e. The molecule has 0 bridgehead atoms. The molecule has 3 aromatic rings. The van der Waals surface area contributed by atoms with Gasteiger partial charge >= 0.3 is 0 Å². The fourth-order valence-electron chi connectivity index (χ4n) is 3.78. The first-order valence-corrected chi connectivity index (χ1v) is 8.58. The average molecular weight is 337 g/mol. The lowest BCUT2D eigenvalue weighted by Crippen LogP contribution is -2.34. The summed E-state index contributed by atoms with van der Waals surface area (Å²) in [7, 11) is 1.94. The van der Waals surface area contributed by atoms with Crippen molar-refractivity contribution in [3.63, 3.8) is 0 Å². The molecule has 0 saturated carbocycles. The second-order valence-electron chi connectivity index (χ2n) is 6.99. The number of carbonyl (C=O) groups excluding carboxylic acids is 1. The molecule has 1 saturated heterocycles. The first-order chi connectivity index (χ1) is 12.0. The Morgan fingerprint density at radius 1 is 1.28 bits per heavy atom. The summed E-state index contributed by atoms with van der Waals surface area (Å²) in [5, 5.41) is 1.19. The molecular weight excluding hydrogens is 314 g/mol. The molecule has 2 N–H and O–H groups in total. The highest BCUT2D eigenvalue weighted by Crippen LogP contribution is 2.26. The number of hydrogen-bond acceptors (Lipinski definition) is 3. The Hall–Kier alpha value is -2.60. The zero-order valence-electron chi connectivity index (χ0n) is 14.6. The van der Waals surface area contributed by atoms with Crippen LogP contribution >= 0.6 is 0 Å². The van der Waals surface area contributed by atoms with Crippen LogP contribution in [0.1, 0.15) is 17.2 Å². The van der Waals surface area contributed by atoms with E-state index in [1.807, 2.05) is 39.4 Å². The topological polar surface area (TPSA) is 69.1 Å². The number of carbonyl (C=O) groups is 1. The third-order valence-electron chi connectivity index (χ3n) is 5.12. The molecule has 2 atom stereocenters. The first kappa shape index (κ1) is 15.9. The number of nitrogens with two attached hydrogens (primary N) is 1. The van der Waals surface area contributed by atoms with Crippen LogP contribution in [0.4, 0.5) is 0 Å². The molecular formula is C19H23N5O. The van der Waals surface area contributed by atoms with Crippen LogP contribution in [0.2, 0.25) is 0 Å². The average Bonchev–Trinajstić information content (AvgIpc) is 3.27. The van der Waals surface area contributed by atoms with Crippen LogP contribution < -0.4 is 5.73 Å². The van der Waals surface area contributed by atoms with Gasteiger partial charge in [0.15, 0.2) is 0 Å². The minimum absolute atomic E-state index is 0.0676. The van der Waals surface area contributed by atoms with Gasteiger partial charge in [-0.3, -0.25) is 4.79 Å². The van der Waals surface area contributed by atoms with E-state index in [1.165, 1.54) is 10.9 Å². The van der Waals surface area contributed by atoms with Gasteiger partial charge in [-0.1, -0.05) is 18.2 Å². The summed E-state index contributed by atoms with van der Waals surface area (Å²) in [6.45, 7) is 3.63. The first-order valence-electron chi connectivity index (χ1n) is 8.58. The van der Waals surface area contributed by atoms with Crippen molar-refractivity contribution < 1.29 is 4.79 Å². The van der Waals surface area contributed by atoms with Gasteiger partial charge in [0.25, 0.3) is 0 Å². The molecule has 0 spiro atoms. The molecule has 1 aromatic carbocycles. The predicted octanol–water partition coefficient (Wildman–Crippen LogP) is 1.64. The summed E-state index contributed by atoms with van der Waals surface area (Å²) >= 11 is 0. The van der Waals surface area contributed by atoms with Crippen molar-refractivity contribution >= 4 is 16.8 Å². The van der Waals surface area contributed by atoms with Gasteiger partial charge in [0.2, 0.25) is 5.91 Å². The van der Waals surface area contributed by atoms with Gasteiger partial charge in [0.1, 0.15) is 6.54 Å². The number of aryl methyl sites for hydroxylation is 2. The maximum Gasteiger partial charge on any atom is 0.242 e. The van der Waals surface area contributed by atoms with Gasteiger partial charge in [0, 0.05) is 55.4 Å². The largest absolute Gasteiger partial charge is 0.340 e. The van der Waals surface area contributed by atoms with Crippen molar-refractivity contribution in [3.8, 4) is 0 Å². The lowest BCUT2D eigenvalue weighted by molar-refractivity contribution is -0.130. The van der Waals surface area contributed by atoms with Crippen LogP contribution in [0.3, 0.4) is 0 Å². The molecule has 4 rings (SSSR count). The standard InChI is InChI=1S/C19H23N5O/c1-13-7-23(18-6-4-3-5-14(13)18)11-19(25)24-8-15(16(20)9-24)17-10-22(2)12-21-17/h3-7,10,12,15-16H,8-9,11,20H2,1-2H3/t15-,16-/m1/s1. The number of imidazole rings is 1. The van der Waals surface area contributed by atoms with Crippen molar-refractivity contribution in [1.82, 2.24) is 19.0 Å². The van der Waals surface area contributed by atoms with Crippen LogP contribution in [0, 0.1) is 6.92 Å². The van der Waals surface area contributed by atoms with E-state index in [2.05, 4.69) is 30.2 Å². The predicted molar refractivity (Wildman–Crippen MR) is 97.2 cm³/mol. The lowest BCUT2D eigenvalue weighted by atomic mass is 10.0. The summed E-state index contributed by atoms with van der Waals surface area (Å²) in [5.41, 5.74) is 9.54. The molecule has 1 amide bonds. The summed E-state index contributed by atoms with van der Waals surface area (Å²) in [6.07, 6.45) is 5.82. The zero-order valence-corrected chi connectivity index (χ0v) is 14.6. The number of hydrogen-bond donors (Lipinski definition) is 1. The maximum absolute atomic E-state index is 12.8. The highest BCUT2D eigenvalue weighted by Gasteiger charge is 2.35. The third-order valence-corrected chi connectivity index (χ3v) is 5.12. The molecule has 1 fully saturated rings. The second-order valence-corrected chi connectivity index (χ2v) is 6.99. The Kier molecular flexibility index (Phi) is 3.84. The molecule has 0 unspecified atom stereocenters. The van der Waals surface area contributed by atoms with Gasteiger partial charge in [-0.05, 0) is 18.6 Å². The normalized spacial score (nSPS) is 20.5. The molecule has 2 aromatic heterocycles. The number of benzene rings is 1. The zero-order chi connectivity index (χ0) is 17.6. The number of rotatable bonds is 3. The van der Waals surface area contributed by atoms with Crippen LogP contribution in [-0.4, -0.2) is 44.1 Å². The van der Waals surface area contributed by atoms with E-state index < -0.39 is 0 Å². The number of aromatic nitrogens is 3. The number of amides is 1. The molecule has 25 heavy (non-hydrogen) atoms. The Morgan fingerprint density at radius 3 is 2.84 bits per heavy atom. The van der Waals surface area contributed by atoms with Crippen LogP contribution in [0.5, 0.6) is 0 Å². The number of nitrogens with zero attached hydrogens (tertiary/aromatic N) is 4. The second kappa shape index (κ2) is 6.04. The van der Waals surface area contributed by atoms with E-state index in [-0.39, 0.29) is 17.9 Å². The summed E-state index contributed by atoms with van der Waals surface area (Å²) in [4.78, 5) is 19.1. The van der Waals surface area contributed by atoms with Crippen LogP contribution in [0.25, 0.3) is 10.9 Å². The van der Waals surface area contributed by atoms with E-state index in [9.17, 15) is 4.79 Å². The van der Waals surface area contributed by atoms with E-state index in [0.29, 0.717) is 19.6 Å². The van der Waals surface area contributed by atoms with E-state index in [4.69, 9.17) is 5.73 Å². The van der Waals surface area contributed by atoms with Gasteiger partial charge in [0.05, 0.1) is 12.0 Å². The minimum Gasteiger partial charge on any atom is -0.340 e. The van der Waals surface area contributed by atoms with Crippen molar-refractivity contribution in [2.24, 2.45) is 12.8 Å². The SMILES string of the molecule is Cc1cn(CC(=O)N2C[C@@H](N)[C@H](c3cn(C)cn3)C2)c2ccccc12. The molecule has 1 aliphatic rings. The quantitative estimate of drug-likeness (QED) is 0.790. The molecule has 3 heterocycles. The summed E-state index contributed by atoms with van der Waals surface area (Å²) < 4.78 is 3.95. The molecule has 6 nitrogen and oxygen atoms in total. The van der Waals surface area contributed by atoms with E-state index in [0.717, 1.165) is 11.2 Å². The third kappa shape index (κ3) is 2.82. The molecule has 0 aliphatic carbocycles. The number of likely N-dealkylation sites (tertiary alicyclic amines) is 1. The monoisotopic (exact) mass is 337 g/mol. The molecule has 1 aliphatic heterocycles. The van der Waals surface area contributed by atoms with Crippen molar-refractivity contribution in [1.29, 1.82) is 0 Å². The lowest BCUT2D eigenvalue weighted by Gasteiger charge is -2.17. The Bertz CT molecular complexity index is 925. The maximum atomic E-state index is 12.8. The fraction of sp³-hybridized carbons (Fsp3) is 0.368. The summed E-state index contributed by atoms with van der Waals surface area (Å²) in [5.74, 6) is 0.211. The van der Waals surface area contributed by atoms with Crippen molar-refractivity contribution in [2.75, 3.05) is 13.1 Å². The fourth-order valence-corrected chi connectivity index (χ4v) is 3.78. The highest BCUT2D eigenvalue weighted by atomic mass is 16.2. The Labute approximate surface area is 146 Å². The van der Waals surface area contributed by atoms with Crippen molar-refractivity contribution in [2.45, 2.75) is 25.4 Å². The van der Waals surface area contributed by atoms with Crippen LogP contribution in [0.15, 0.2) is 43.0 Å². The van der Waals surface area contributed by atoms with E-state index in [1.54, 1.807) is 6.33 Å². The van der Waals surface area contributed by atoms with Crippen LogP contribution in [-0.2, 0) is 18.4 Å². The van der Waals surface area contributed by atoms with Gasteiger partial charge in [-0.2, -0.15) is 0 Å². The van der Waals surface area contributed by atoms with Gasteiger partial charge in [-0.15, -0.1) is 0 Å².